The minimum Gasteiger partial charge on any atom is -0.396 e. The van der Waals surface area contributed by atoms with Gasteiger partial charge >= 0.3 is 0 Å². The van der Waals surface area contributed by atoms with E-state index in [-0.39, 0.29) is 5.82 Å². The second-order valence-electron chi connectivity index (χ2n) is 4.53. The lowest BCUT2D eigenvalue weighted by atomic mass is 10.2. The van der Waals surface area contributed by atoms with Gasteiger partial charge in [0.15, 0.2) is 0 Å². The molecule has 0 spiro atoms. The monoisotopic (exact) mass is 325 g/mol. The van der Waals surface area contributed by atoms with Crippen molar-refractivity contribution in [2.75, 3.05) is 23.9 Å². The van der Waals surface area contributed by atoms with Crippen LogP contribution in [0.15, 0.2) is 29.2 Å². The zero-order valence-electron chi connectivity index (χ0n) is 11.7. The van der Waals surface area contributed by atoms with Crippen LogP contribution in [0.5, 0.6) is 0 Å². The Kier molecular flexibility index (Phi) is 4.74. The number of nitrogens with two attached hydrogens (primary N) is 2. The number of nitrogens with zero attached hydrogens (tertiary/aromatic N) is 1. The molecule has 2 aromatic rings. The summed E-state index contributed by atoms with van der Waals surface area (Å²) in [5.41, 5.74) is 12.7. The first-order valence-electron chi connectivity index (χ1n) is 6.15. The Bertz CT molecular complexity index is 655. The number of halogens is 1. The van der Waals surface area contributed by atoms with Crippen molar-refractivity contribution < 1.29 is 9.18 Å². The maximum Gasteiger partial charge on any atom is 0.261 e. The summed E-state index contributed by atoms with van der Waals surface area (Å²) in [7, 11) is 1.90. The van der Waals surface area contributed by atoms with E-state index in [0.717, 1.165) is 15.5 Å². The van der Waals surface area contributed by atoms with Crippen molar-refractivity contribution in [1.29, 1.82) is 0 Å². The maximum atomic E-state index is 12.9. The lowest BCUT2D eigenvalue weighted by molar-refractivity contribution is 0.100. The van der Waals surface area contributed by atoms with Crippen LogP contribution in [0.3, 0.4) is 0 Å². The van der Waals surface area contributed by atoms with Crippen molar-refractivity contribution in [2.45, 2.75) is 11.4 Å². The van der Waals surface area contributed by atoms with Gasteiger partial charge < -0.3 is 16.4 Å². The lowest BCUT2D eigenvalue weighted by Crippen LogP contribution is -2.15. The van der Waals surface area contributed by atoms with Crippen LogP contribution in [-0.4, -0.2) is 19.2 Å². The van der Waals surface area contributed by atoms with Crippen LogP contribution in [0.1, 0.15) is 15.2 Å². The molecule has 0 unspecified atom stereocenters. The lowest BCUT2D eigenvalue weighted by Gasteiger charge is -2.19. The summed E-state index contributed by atoms with van der Waals surface area (Å²) < 4.78 is 12.9. The molecule has 0 fully saturated rings. The Morgan fingerprint density at radius 3 is 2.52 bits per heavy atom. The quantitative estimate of drug-likeness (QED) is 0.829. The highest BCUT2D eigenvalue weighted by atomic mass is 32.2. The molecule has 0 aliphatic heterocycles. The molecule has 21 heavy (non-hydrogen) atoms. The van der Waals surface area contributed by atoms with Crippen LogP contribution in [0.4, 0.5) is 15.1 Å². The molecule has 2 rings (SSSR count). The summed E-state index contributed by atoms with van der Waals surface area (Å²) in [6, 6.07) is 6.32. The van der Waals surface area contributed by atoms with Crippen molar-refractivity contribution in [3.63, 3.8) is 0 Å². The number of carbonyl (C=O) groups excluding carboxylic acids is 1. The Labute approximate surface area is 130 Å². The molecule has 7 heteroatoms. The van der Waals surface area contributed by atoms with Gasteiger partial charge in [-0.05, 0) is 24.0 Å². The van der Waals surface area contributed by atoms with Crippen LogP contribution in [-0.2, 0) is 6.54 Å². The van der Waals surface area contributed by atoms with Gasteiger partial charge in [0, 0.05) is 13.6 Å². The molecule has 0 aliphatic carbocycles. The number of rotatable bonds is 5. The highest BCUT2D eigenvalue weighted by Crippen LogP contribution is 2.43. The number of thioether (sulfide) groups is 1. The third-order valence-corrected chi connectivity index (χ3v) is 5.27. The number of anilines is 2. The van der Waals surface area contributed by atoms with Crippen LogP contribution in [0.25, 0.3) is 0 Å². The standard InChI is InChI=1S/C14H16FN3OS2/c1-18(7-8-3-5-9(15)6-4-8)14-12(20-2)10(16)11(21-14)13(17)19/h3-6H,7,16H2,1-2H3,(H2,17,19). The van der Waals surface area contributed by atoms with Gasteiger partial charge in [-0.3, -0.25) is 4.79 Å². The number of hydrogen-bond acceptors (Lipinski definition) is 5. The molecule has 4 N–H and O–H groups in total. The molecular weight excluding hydrogens is 309 g/mol. The first kappa shape index (κ1) is 15.7. The summed E-state index contributed by atoms with van der Waals surface area (Å²) in [5.74, 6) is -0.781. The predicted octanol–water partition coefficient (Wildman–Crippen LogP) is 2.93. The van der Waals surface area contributed by atoms with E-state index in [4.69, 9.17) is 11.5 Å². The Morgan fingerprint density at radius 1 is 1.38 bits per heavy atom. The fraction of sp³-hybridized carbons (Fsp3) is 0.214. The van der Waals surface area contributed by atoms with Crippen LogP contribution >= 0.6 is 23.1 Å². The normalized spacial score (nSPS) is 10.6. The number of carbonyl (C=O) groups is 1. The van der Waals surface area contributed by atoms with Crippen LogP contribution in [0.2, 0.25) is 0 Å². The van der Waals surface area contributed by atoms with E-state index in [9.17, 15) is 9.18 Å². The van der Waals surface area contributed by atoms with E-state index in [1.54, 1.807) is 12.1 Å². The summed E-state index contributed by atoms with van der Waals surface area (Å²) >= 11 is 2.76. The number of hydrogen-bond donors (Lipinski definition) is 2. The predicted molar refractivity (Wildman–Crippen MR) is 87.5 cm³/mol. The molecule has 112 valence electrons. The van der Waals surface area contributed by atoms with Gasteiger partial charge in [0.05, 0.1) is 10.6 Å². The highest BCUT2D eigenvalue weighted by molar-refractivity contribution is 7.99. The molecule has 4 nitrogen and oxygen atoms in total. The van der Waals surface area contributed by atoms with E-state index < -0.39 is 5.91 Å². The zero-order valence-corrected chi connectivity index (χ0v) is 13.4. The first-order valence-corrected chi connectivity index (χ1v) is 8.19. The third-order valence-electron chi connectivity index (χ3n) is 2.99. The van der Waals surface area contributed by atoms with E-state index in [1.807, 2.05) is 18.2 Å². The zero-order chi connectivity index (χ0) is 15.6. The molecule has 1 aromatic carbocycles. The van der Waals surface area contributed by atoms with E-state index in [1.165, 1.54) is 35.2 Å². The third kappa shape index (κ3) is 3.30. The van der Waals surface area contributed by atoms with Gasteiger partial charge in [0.1, 0.15) is 15.7 Å². The summed E-state index contributed by atoms with van der Waals surface area (Å²) in [6.45, 7) is 0.589. The summed E-state index contributed by atoms with van der Waals surface area (Å²) in [6.07, 6.45) is 1.90. The van der Waals surface area contributed by atoms with Gasteiger partial charge in [0.25, 0.3) is 5.91 Å². The van der Waals surface area contributed by atoms with E-state index in [2.05, 4.69) is 0 Å². The number of thiophene rings is 1. The summed E-state index contributed by atoms with van der Waals surface area (Å²) in [5, 5.41) is 0.887. The Hall–Kier alpha value is -1.73. The molecule has 0 saturated heterocycles. The number of primary amides is 1. The molecule has 0 aliphatic rings. The molecule has 0 saturated carbocycles. The molecular formula is C14H16FN3OS2. The van der Waals surface area contributed by atoms with Crippen molar-refractivity contribution >= 4 is 39.7 Å². The number of benzene rings is 1. The fourth-order valence-corrected chi connectivity index (χ4v) is 4.00. The average molecular weight is 325 g/mol. The second kappa shape index (κ2) is 6.36. The van der Waals surface area contributed by atoms with Crippen molar-refractivity contribution in [3.05, 3.63) is 40.5 Å². The summed E-state index contributed by atoms with van der Waals surface area (Å²) in [4.78, 5) is 14.6. The van der Waals surface area contributed by atoms with Gasteiger partial charge in [-0.25, -0.2) is 4.39 Å². The highest BCUT2D eigenvalue weighted by Gasteiger charge is 2.21. The van der Waals surface area contributed by atoms with Crippen LogP contribution in [0, 0.1) is 5.82 Å². The minimum atomic E-state index is -0.519. The van der Waals surface area contributed by atoms with Crippen LogP contribution < -0.4 is 16.4 Å². The molecule has 0 bridgehead atoms. The molecule has 0 radical (unpaired) electrons. The molecule has 1 heterocycles. The topological polar surface area (TPSA) is 72.3 Å². The van der Waals surface area contributed by atoms with Crippen molar-refractivity contribution in [1.82, 2.24) is 0 Å². The number of amides is 1. The first-order chi connectivity index (χ1) is 9.93. The van der Waals surface area contributed by atoms with E-state index in [0.29, 0.717) is 17.1 Å². The molecule has 1 amide bonds. The number of nitrogen functional groups attached to an aromatic ring is 1. The minimum absolute atomic E-state index is 0.261. The maximum absolute atomic E-state index is 12.9. The fourth-order valence-electron chi connectivity index (χ4n) is 1.98. The van der Waals surface area contributed by atoms with Crippen molar-refractivity contribution in [2.24, 2.45) is 5.73 Å². The van der Waals surface area contributed by atoms with Crippen molar-refractivity contribution in [3.8, 4) is 0 Å². The van der Waals surface area contributed by atoms with Gasteiger partial charge in [0.2, 0.25) is 0 Å². The van der Waals surface area contributed by atoms with Gasteiger partial charge in [-0.2, -0.15) is 0 Å². The smallest absolute Gasteiger partial charge is 0.261 e. The van der Waals surface area contributed by atoms with Gasteiger partial charge in [-0.1, -0.05) is 12.1 Å². The second-order valence-corrected chi connectivity index (χ2v) is 6.35. The Morgan fingerprint density at radius 2 is 2.00 bits per heavy atom. The molecule has 0 atom stereocenters. The average Bonchev–Trinajstić information content (AvgIpc) is 2.78. The molecule has 1 aromatic heterocycles. The Balaban J connectivity index is 2.30. The van der Waals surface area contributed by atoms with E-state index >= 15 is 0 Å². The largest absolute Gasteiger partial charge is 0.396 e. The van der Waals surface area contributed by atoms with Gasteiger partial charge in [-0.15, -0.1) is 23.1 Å². The SMILES string of the molecule is CSc1c(N(C)Cc2ccc(F)cc2)sc(C(N)=O)c1N.